The number of amides is 1. The molecule has 1 amide bonds. The lowest BCUT2D eigenvalue weighted by atomic mass is 10.1. The van der Waals surface area contributed by atoms with Crippen molar-refractivity contribution in [2.75, 3.05) is 30.8 Å². The van der Waals surface area contributed by atoms with Gasteiger partial charge in [0.05, 0.1) is 18.7 Å². The number of esters is 1. The first-order valence-electron chi connectivity index (χ1n) is 6.92. The van der Waals surface area contributed by atoms with E-state index in [1.165, 1.54) is 0 Å². The van der Waals surface area contributed by atoms with Crippen molar-refractivity contribution in [3.8, 4) is 0 Å². The largest absolute Gasteiger partial charge is 0.462 e. The zero-order valence-electron chi connectivity index (χ0n) is 13.0. The van der Waals surface area contributed by atoms with E-state index in [9.17, 15) is 9.59 Å². The average molecular weight is 293 g/mol. The molecule has 0 saturated heterocycles. The minimum absolute atomic E-state index is 0.0815. The van der Waals surface area contributed by atoms with Crippen molar-refractivity contribution in [1.82, 2.24) is 5.32 Å². The van der Waals surface area contributed by atoms with Crippen molar-refractivity contribution in [2.24, 2.45) is 0 Å². The molecular weight excluding hydrogens is 270 g/mol. The summed E-state index contributed by atoms with van der Waals surface area (Å²) < 4.78 is 4.96. The summed E-state index contributed by atoms with van der Waals surface area (Å²) in [5, 5.41) is 2.82. The molecule has 0 spiro atoms. The van der Waals surface area contributed by atoms with Crippen LogP contribution in [0.3, 0.4) is 0 Å². The van der Waals surface area contributed by atoms with Crippen LogP contribution < -0.4 is 16.0 Å². The van der Waals surface area contributed by atoms with Gasteiger partial charge in [0.1, 0.15) is 0 Å². The number of nitrogens with one attached hydrogen (secondary N) is 1. The predicted molar refractivity (Wildman–Crippen MR) is 83.4 cm³/mol. The number of nitrogen functional groups attached to an aromatic ring is 1. The van der Waals surface area contributed by atoms with E-state index in [4.69, 9.17) is 10.5 Å². The fourth-order valence-electron chi connectivity index (χ4n) is 1.84. The van der Waals surface area contributed by atoms with Crippen molar-refractivity contribution >= 4 is 23.3 Å². The summed E-state index contributed by atoms with van der Waals surface area (Å²) in [7, 11) is 1.78. The maximum absolute atomic E-state index is 11.8. The fourth-order valence-corrected chi connectivity index (χ4v) is 1.84. The Morgan fingerprint density at radius 2 is 2.05 bits per heavy atom. The van der Waals surface area contributed by atoms with Gasteiger partial charge >= 0.3 is 5.97 Å². The van der Waals surface area contributed by atoms with Gasteiger partial charge in [-0.2, -0.15) is 0 Å². The smallest absolute Gasteiger partial charge is 0.340 e. The topological polar surface area (TPSA) is 84.7 Å². The molecule has 0 aliphatic carbocycles. The third kappa shape index (κ3) is 4.98. The Morgan fingerprint density at radius 1 is 1.38 bits per heavy atom. The predicted octanol–water partition coefficient (Wildman–Crippen LogP) is 1.41. The molecule has 0 heterocycles. The Morgan fingerprint density at radius 3 is 2.62 bits per heavy atom. The molecule has 0 aliphatic rings. The van der Waals surface area contributed by atoms with Gasteiger partial charge in [-0.1, -0.05) is 0 Å². The van der Waals surface area contributed by atoms with E-state index in [1.54, 1.807) is 37.1 Å². The van der Waals surface area contributed by atoms with E-state index in [0.717, 1.165) is 5.69 Å². The van der Waals surface area contributed by atoms with Crippen LogP contribution in [0.25, 0.3) is 0 Å². The minimum atomic E-state index is -0.461. The quantitative estimate of drug-likeness (QED) is 0.612. The van der Waals surface area contributed by atoms with Crippen LogP contribution in [-0.2, 0) is 9.53 Å². The molecule has 116 valence electrons. The van der Waals surface area contributed by atoms with Gasteiger partial charge in [0.25, 0.3) is 0 Å². The highest BCUT2D eigenvalue weighted by molar-refractivity contribution is 5.96. The van der Waals surface area contributed by atoms with Crippen LogP contribution in [0.4, 0.5) is 11.4 Å². The summed E-state index contributed by atoms with van der Waals surface area (Å²) in [6.07, 6.45) is 0. The number of anilines is 2. The van der Waals surface area contributed by atoms with Crippen molar-refractivity contribution in [1.29, 1.82) is 0 Å². The number of carbonyl (C=O) groups is 2. The number of ether oxygens (including phenoxy) is 1. The zero-order chi connectivity index (χ0) is 16.0. The maximum Gasteiger partial charge on any atom is 0.340 e. The summed E-state index contributed by atoms with van der Waals surface area (Å²) in [5.74, 6) is -0.543. The van der Waals surface area contributed by atoms with Gasteiger partial charge in [-0.15, -0.1) is 0 Å². The van der Waals surface area contributed by atoms with Crippen LogP contribution in [0.5, 0.6) is 0 Å². The van der Waals surface area contributed by atoms with Gasteiger partial charge in [0, 0.05) is 24.5 Å². The zero-order valence-corrected chi connectivity index (χ0v) is 13.0. The molecule has 6 heteroatoms. The minimum Gasteiger partial charge on any atom is -0.462 e. The van der Waals surface area contributed by atoms with Crippen molar-refractivity contribution in [3.63, 3.8) is 0 Å². The Balaban J connectivity index is 2.86. The monoisotopic (exact) mass is 293 g/mol. The van der Waals surface area contributed by atoms with Gasteiger partial charge in [-0.3, -0.25) is 4.79 Å². The van der Waals surface area contributed by atoms with Crippen LogP contribution >= 0.6 is 0 Å². The van der Waals surface area contributed by atoms with E-state index in [1.807, 2.05) is 13.8 Å². The lowest BCUT2D eigenvalue weighted by Gasteiger charge is -2.20. The number of nitrogens with two attached hydrogens (primary N) is 1. The van der Waals surface area contributed by atoms with E-state index in [2.05, 4.69) is 5.32 Å². The summed E-state index contributed by atoms with van der Waals surface area (Å²) in [5.41, 5.74) is 7.19. The molecule has 6 nitrogen and oxygen atoms in total. The molecule has 0 aromatic heterocycles. The Bertz CT molecular complexity index is 515. The Kier molecular flexibility index (Phi) is 6.02. The number of hydrogen-bond acceptors (Lipinski definition) is 5. The van der Waals surface area contributed by atoms with Crippen LogP contribution in [0, 0.1) is 0 Å². The van der Waals surface area contributed by atoms with Gasteiger partial charge in [0.15, 0.2) is 0 Å². The van der Waals surface area contributed by atoms with E-state index in [0.29, 0.717) is 11.3 Å². The molecule has 0 saturated carbocycles. The Labute approximate surface area is 125 Å². The number of rotatable bonds is 6. The van der Waals surface area contributed by atoms with Crippen LogP contribution in [0.2, 0.25) is 0 Å². The molecular formula is C15H23N3O3. The second-order valence-electron chi connectivity index (χ2n) is 5.07. The number of likely N-dealkylation sites (N-methyl/N-ethyl adjacent to an activating group) is 1. The number of nitrogens with zero attached hydrogens (tertiary/aromatic N) is 1. The Hall–Kier alpha value is -2.24. The molecule has 0 atom stereocenters. The van der Waals surface area contributed by atoms with Crippen molar-refractivity contribution in [2.45, 2.75) is 26.8 Å². The van der Waals surface area contributed by atoms with Gasteiger partial charge < -0.3 is 20.7 Å². The maximum atomic E-state index is 11.8. The fraction of sp³-hybridized carbons (Fsp3) is 0.467. The van der Waals surface area contributed by atoms with E-state index in [-0.39, 0.29) is 25.1 Å². The van der Waals surface area contributed by atoms with Gasteiger partial charge in [-0.05, 0) is 39.0 Å². The number of benzene rings is 1. The van der Waals surface area contributed by atoms with Gasteiger partial charge in [-0.25, -0.2) is 4.79 Å². The molecule has 0 bridgehead atoms. The first-order chi connectivity index (χ1) is 9.85. The lowest BCUT2D eigenvalue weighted by molar-refractivity contribution is -0.120. The highest BCUT2D eigenvalue weighted by Gasteiger charge is 2.14. The summed E-state index contributed by atoms with van der Waals surface area (Å²) in [4.78, 5) is 25.3. The SMILES string of the molecule is CCOC(=O)c1cc(N(C)CC(=O)NC(C)C)ccc1N. The number of hydrogen-bond donors (Lipinski definition) is 2. The van der Waals surface area contributed by atoms with Gasteiger partial charge in [0.2, 0.25) is 5.91 Å². The first kappa shape index (κ1) is 16.8. The lowest BCUT2D eigenvalue weighted by Crippen LogP contribution is -2.38. The first-order valence-corrected chi connectivity index (χ1v) is 6.92. The molecule has 3 N–H and O–H groups in total. The molecule has 1 aromatic rings. The molecule has 1 aromatic carbocycles. The summed E-state index contributed by atoms with van der Waals surface area (Å²) in [6.45, 7) is 6.03. The molecule has 0 unspecified atom stereocenters. The molecule has 0 aliphatic heterocycles. The molecule has 21 heavy (non-hydrogen) atoms. The highest BCUT2D eigenvalue weighted by atomic mass is 16.5. The number of carbonyl (C=O) groups excluding carboxylic acids is 2. The molecule has 0 radical (unpaired) electrons. The molecule has 0 fully saturated rings. The van der Waals surface area contributed by atoms with Crippen LogP contribution in [0.15, 0.2) is 18.2 Å². The van der Waals surface area contributed by atoms with Crippen molar-refractivity contribution in [3.05, 3.63) is 23.8 Å². The third-order valence-corrected chi connectivity index (χ3v) is 2.80. The molecule has 1 rings (SSSR count). The van der Waals surface area contributed by atoms with Crippen LogP contribution in [0.1, 0.15) is 31.1 Å². The summed E-state index contributed by atoms with van der Waals surface area (Å²) >= 11 is 0. The van der Waals surface area contributed by atoms with Crippen molar-refractivity contribution < 1.29 is 14.3 Å². The normalized spacial score (nSPS) is 10.3. The third-order valence-electron chi connectivity index (χ3n) is 2.80. The summed E-state index contributed by atoms with van der Waals surface area (Å²) in [6, 6.07) is 5.13. The van der Waals surface area contributed by atoms with Crippen LogP contribution in [-0.4, -0.2) is 38.1 Å². The second kappa shape index (κ2) is 7.52. The van der Waals surface area contributed by atoms with E-state index >= 15 is 0 Å². The standard InChI is InChI=1S/C15H23N3O3/c1-5-21-15(20)12-8-11(6-7-13(12)16)18(4)9-14(19)17-10(2)3/h6-8,10H,5,9,16H2,1-4H3,(H,17,19). The highest BCUT2D eigenvalue weighted by Crippen LogP contribution is 2.21. The second-order valence-corrected chi connectivity index (χ2v) is 5.07. The average Bonchev–Trinajstić information content (AvgIpc) is 2.38. The van der Waals surface area contributed by atoms with E-state index < -0.39 is 5.97 Å².